The number of aryl methyl sites for hydroxylation is 1. The van der Waals surface area contributed by atoms with Crippen LogP contribution in [-0.4, -0.2) is 12.1 Å². The lowest BCUT2D eigenvalue weighted by molar-refractivity contribution is 0.415. The molecule has 3 nitrogen and oxygen atoms in total. The zero-order valence-corrected chi connectivity index (χ0v) is 11.9. The Balaban J connectivity index is 1.93. The standard InChI is InChI=1S/C15H17ClN2O/c1-11-5-6-17-9-13(11)10-18-8-12-3-4-15(19-2)14(16)7-12/h3-7,9,18H,8,10H2,1-2H3. The Morgan fingerprint density at radius 1 is 1.26 bits per heavy atom. The van der Waals surface area contributed by atoms with Gasteiger partial charge in [-0.3, -0.25) is 4.98 Å². The van der Waals surface area contributed by atoms with E-state index in [4.69, 9.17) is 16.3 Å². The minimum absolute atomic E-state index is 0.638. The average Bonchev–Trinajstić information content (AvgIpc) is 2.41. The van der Waals surface area contributed by atoms with E-state index in [2.05, 4.69) is 17.2 Å². The van der Waals surface area contributed by atoms with Gasteiger partial charge in [0.2, 0.25) is 0 Å². The van der Waals surface area contributed by atoms with Gasteiger partial charge in [-0.1, -0.05) is 17.7 Å². The van der Waals surface area contributed by atoms with Crippen molar-refractivity contribution in [3.63, 3.8) is 0 Å². The van der Waals surface area contributed by atoms with Crippen LogP contribution in [0.2, 0.25) is 5.02 Å². The zero-order chi connectivity index (χ0) is 13.7. The Labute approximate surface area is 118 Å². The molecule has 0 aliphatic carbocycles. The van der Waals surface area contributed by atoms with Crippen LogP contribution in [0.4, 0.5) is 0 Å². The smallest absolute Gasteiger partial charge is 0.137 e. The summed E-state index contributed by atoms with van der Waals surface area (Å²) in [5.41, 5.74) is 3.59. The molecule has 1 N–H and O–H groups in total. The first-order chi connectivity index (χ1) is 9.20. The normalized spacial score (nSPS) is 10.5. The fourth-order valence-corrected chi connectivity index (χ4v) is 2.12. The predicted octanol–water partition coefficient (Wildman–Crippen LogP) is 3.34. The van der Waals surface area contributed by atoms with Gasteiger partial charge in [0.25, 0.3) is 0 Å². The topological polar surface area (TPSA) is 34.1 Å². The number of nitrogens with zero attached hydrogens (tertiary/aromatic N) is 1. The molecule has 0 spiro atoms. The van der Waals surface area contributed by atoms with Crippen molar-refractivity contribution in [1.29, 1.82) is 0 Å². The van der Waals surface area contributed by atoms with Crippen LogP contribution in [0.25, 0.3) is 0 Å². The Hall–Kier alpha value is -1.58. The number of ether oxygens (including phenoxy) is 1. The van der Waals surface area contributed by atoms with E-state index in [-0.39, 0.29) is 0 Å². The number of halogens is 1. The quantitative estimate of drug-likeness (QED) is 0.909. The second-order valence-corrected chi connectivity index (χ2v) is 4.78. The van der Waals surface area contributed by atoms with Crippen molar-refractivity contribution in [2.75, 3.05) is 7.11 Å². The molecule has 0 atom stereocenters. The molecule has 1 aromatic carbocycles. The number of benzene rings is 1. The van der Waals surface area contributed by atoms with E-state index in [0.29, 0.717) is 10.8 Å². The Bertz CT molecular complexity index is 558. The first kappa shape index (κ1) is 13.8. The van der Waals surface area contributed by atoms with Crippen LogP contribution in [0.5, 0.6) is 5.75 Å². The summed E-state index contributed by atoms with van der Waals surface area (Å²) in [7, 11) is 1.62. The van der Waals surface area contributed by atoms with E-state index >= 15 is 0 Å². The highest BCUT2D eigenvalue weighted by molar-refractivity contribution is 6.32. The van der Waals surface area contributed by atoms with Gasteiger partial charge < -0.3 is 10.1 Å². The van der Waals surface area contributed by atoms with E-state index < -0.39 is 0 Å². The number of hydrogen-bond acceptors (Lipinski definition) is 3. The molecule has 19 heavy (non-hydrogen) atoms. The summed E-state index contributed by atoms with van der Waals surface area (Å²) in [6.07, 6.45) is 3.70. The largest absolute Gasteiger partial charge is 0.495 e. The number of nitrogens with one attached hydrogen (secondary N) is 1. The van der Waals surface area contributed by atoms with Gasteiger partial charge in [0, 0.05) is 25.5 Å². The van der Waals surface area contributed by atoms with E-state index in [1.54, 1.807) is 7.11 Å². The van der Waals surface area contributed by atoms with Crippen LogP contribution >= 0.6 is 11.6 Å². The molecule has 2 aromatic rings. The maximum absolute atomic E-state index is 6.09. The van der Waals surface area contributed by atoms with Crippen molar-refractivity contribution < 1.29 is 4.74 Å². The maximum atomic E-state index is 6.09. The van der Waals surface area contributed by atoms with Crippen LogP contribution in [0.1, 0.15) is 16.7 Å². The second-order valence-electron chi connectivity index (χ2n) is 4.37. The fourth-order valence-electron chi connectivity index (χ4n) is 1.84. The molecular weight excluding hydrogens is 260 g/mol. The van der Waals surface area contributed by atoms with Crippen molar-refractivity contribution in [1.82, 2.24) is 10.3 Å². The predicted molar refractivity (Wildman–Crippen MR) is 77.5 cm³/mol. The van der Waals surface area contributed by atoms with Crippen LogP contribution in [-0.2, 0) is 13.1 Å². The third-order valence-electron chi connectivity index (χ3n) is 3.01. The van der Waals surface area contributed by atoms with Crippen molar-refractivity contribution in [2.24, 2.45) is 0 Å². The summed E-state index contributed by atoms with van der Waals surface area (Å²) >= 11 is 6.09. The molecule has 0 bridgehead atoms. The highest BCUT2D eigenvalue weighted by Crippen LogP contribution is 2.24. The fraction of sp³-hybridized carbons (Fsp3) is 0.267. The van der Waals surface area contributed by atoms with Gasteiger partial charge in [-0.05, 0) is 41.8 Å². The molecule has 0 fully saturated rings. The second kappa shape index (κ2) is 6.55. The molecule has 0 radical (unpaired) electrons. The van der Waals surface area contributed by atoms with E-state index in [1.807, 2.05) is 36.7 Å². The Morgan fingerprint density at radius 3 is 2.79 bits per heavy atom. The Morgan fingerprint density at radius 2 is 2.11 bits per heavy atom. The van der Waals surface area contributed by atoms with Gasteiger partial charge in [-0.15, -0.1) is 0 Å². The van der Waals surface area contributed by atoms with Crippen LogP contribution in [0.3, 0.4) is 0 Å². The molecule has 0 saturated carbocycles. The SMILES string of the molecule is COc1ccc(CNCc2cnccc2C)cc1Cl. The van der Waals surface area contributed by atoms with Crippen molar-refractivity contribution >= 4 is 11.6 Å². The summed E-state index contributed by atoms with van der Waals surface area (Å²) in [5, 5.41) is 4.02. The third-order valence-corrected chi connectivity index (χ3v) is 3.30. The van der Waals surface area contributed by atoms with Gasteiger partial charge in [0.15, 0.2) is 0 Å². The van der Waals surface area contributed by atoms with E-state index in [1.165, 1.54) is 11.1 Å². The monoisotopic (exact) mass is 276 g/mol. The molecule has 0 aliphatic heterocycles. The summed E-state index contributed by atoms with van der Waals surface area (Å²) < 4.78 is 5.13. The number of aromatic nitrogens is 1. The summed E-state index contributed by atoms with van der Waals surface area (Å²) in [5.74, 6) is 0.702. The highest BCUT2D eigenvalue weighted by Gasteiger charge is 2.02. The lowest BCUT2D eigenvalue weighted by atomic mass is 10.1. The molecule has 4 heteroatoms. The lowest BCUT2D eigenvalue weighted by Crippen LogP contribution is -2.13. The Kier molecular flexibility index (Phi) is 4.77. The number of pyridine rings is 1. The van der Waals surface area contributed by atoms with Gasteiger partial charge in [0.1, 0.15) is 5.75 Å². The van der Waals surface area contributed by atoms with Crippen LogP contribution in [0, 0.1) is 6.92 Å². The highest BCUT2D eigenvalue weighted by atomic mass is 35.5. The first-order valence-electron chi connectivity index (χ1n) is 6.13. The molecule has 1 aromatic heterocycles. The number of hydrogen-bond donors (Lipinski definition) is 1. The van der Waals surface area contributed by atoms with Crippen molar-refractivity contribution in [3.05, 3.63) is 58.4 Å². The zero-order valence-electron chi connectivity index (χ0n) is 11.1. The summed E-state index contributed by atoms with van der Waals surface area (Å²) in [4.78, 5) is 4.13. The lowest BCUT2D eigenvalue weighted by Gasteiger charge is -2.09. The van der Waals surface area contributed by atoms with Gasteiger partial charge in [0.05, 0.1) is 12.1 Å². The molecule has 0 amide bonds. The van der Waals surface area contributed by atoms with Crippen LogP contribution < -0.4 is 10.1 Å². The molecule has 2 rings (SSSR count). The number of rotatable bonds is 5. The van der Waals surface area contributed by atoms with Gasteiger partial charge in [-0.25, -0.2) is 0 Å². The molecule has 1 heterocycles. The summed E-state index contributed by atoms with van der Waals surface area (Å²) in [6.45, 7) is 3.64. The molecule has 0 aliphatic rings. The van der Waals surface area contributed by atoms with E-state index in [9.17, 15) is 0 Å². The van der Waals surface area contributed by atoms with Crippen LogP contribution in [0.15, 0.2) is 36.7 Å². The third kappa shape index (κ3) is 3.69. The minimum atomic E-state index is 0.638. The molecule has 0 unspecified atom stereocenters. The maximum Gasteiger partial charge on any atom is 0.137 e. The average molecular weight is 277 g/mol. The molecule has 0 saturated heterocycles. The molecular formula is C15H17ClN2O. The van der Waals surface area contributed by atoms with Crippen molar-refractivity contribution in [2.45, 2.75) is 20.0 Å². The number of methoxy groups -OCH3 is 1. The molecule has 100 valence electrons. The van der Waals surface area contributed by atoms with Gasteiger partial charge in [-0.2, -0.15) is 0 Å². The minimum Gasteiger partial charge on any atom is -0.495 e. The first-order valence-corrected chi connectivity index (χ1v) is 6.51. The van der Waals surface area contributed by atoms with E-state index in [0.717, 1.165) is 18.7 Å². The summed E-state index contributed by atoms with van der Waals surface area (Å²) in [6, 6.07) is 7.83. The van der Waals surface area contributed by atoms with Crippen molar-refractivity contribution in [3.8, 4) is 5.75 Å². The van der Waals surface area contributed by atoms with Gasteiger partial charge >= 0.3 is 0 Å².